The Morgan fingerprint density at radius 2 is 2.15 bits per heavy atom. The molecule has 0 spiro atoms. The Bertz CT molecular complexity index is 592. The first-order chi connectivity index (χ1) is 9.56. The molecular weight excluding hydrogens is 318 g/mol. The molecule has 0 fully saturated rings. The molecule has 2 aromatic rings. The summed E-state index contributed by atoms with van der Waals surface area (Å²) in [5.74, 6) is 0.0567. The number of halogens is 1. The quantitative estimate of drug-likeness (QED) is 0.822. The van der Waals surface area contributed by atoms with E-state index in [1.54, 1.807) is 0 Å². The van der Waals surface area contributed by atoms with Crippen molar-refractivity contribution < 1.29 is 4.79 Å². The zero-order valence-corrected chi connectivity index (χ0v) is 13.5. The van der Waals surface area contributed by atoms with Crippen molar-refractivity contribution in [3.05, 3.63) is 34.9 Å². The van der Waals surface area contributed by atoms with Crippen LogP contribution in [0.1, 0.15) is 6.42 Å². The van der Waals surface area contributed by atoms with E-state index < -0.39 is 0 Å². The van der Waals surface area contributed by atoms with Crippen molar-refractivity contribution in [1.82, 2.24) is 14.8 Å². The largest absolute Gasteiger partial charge is 0.355 e. The summed E-state index contributed by atoms with van der Waals surface area (Å²) in [5, 5.41) is 4.10. The number of rotatable bonds is 6. The summed E-state index contributed by atoms with van der Waals surface area (Å²) in [6.45, 7) is 2.07. The minimum absolute atomic E-state index is 0.0567. The fourth-order valence-corrected chi connectivity index (χ4v) is 2.48. The van der Waals surface area contributed by atoms with Gasteiger partial charge in [-0.1, -0.05) is 22.0 Å². The predicted molar refractivity (Wildman–Crippen MR) is 85.8 cm³/mol. The molecule has 1 aromatic carbocycles. The molecular formula is C15H20BrN3O. The highest BCUT2D eigenvalue weighted by molar-refractivity contribution is 9.10. The van der Waals surface area contributed by atoms with Gasteiger partial charge in [0, 0.05) is 22.7 Å². The molecule has 0 aliphatic carbocycles. The number of benzene rings is 1. The smallest absolute Gasteiger partial charge is 0.239 e. The Balaban J connectivity index is 1.91. The molecule has 108 valence electrons. The summed E-state index contributed by atoms with van der Waals surface area (Å²) in [6, 6.07) is 8.12. The first kappa shape index (κ1) is 15.1. The Hall–Kier alpha value is -1.33. The number of aromatic nitrogens is 1. The molecule has 4 nitrogen and oxygen atoms in total. The standard InChI is InChI=1S/C15H20BrN3O/c1-18(2)8-3-7-17-15(20)11-19-9-6-12-4-5-13(16)10-14(12)19/h4-6,9-10H,3,7-8,11H2,1-2H3,(H,17,20). The van der Waals surface area contributed by atoms with Crippen molar-refractivity contribution in [1.29, 1.82) is 0 Å². The van der Waals surface area contributed by atoms with Crippen molar-refractivity contribution in [2.75, 3.05) is 27.2 Å². The Kier molecular flexibility index (Phi) is 5.20. The minimum Gasteiger partial charge on any atom is -0.355 e. The number of carbonyl (C=O) groups excluding carboxylic acids is 1. The molecule has 1 heterocycles. The van der Waals surface area contributed by atoms with E-state index in [0.29, 0.717) is 6.54 Å². The van der Waals surface area contributed by atoms with Crippen molar-refractivity contribution in [3.63, 3.8) is 0 Å². The maximum atomic E-state index is 11.9. The molecule has 0 saturated heterocycles. The lowest BCUT2D eigenvalue weighted by Crippen LogP contribution is -2.29. The van der Waals surface area contributed by atoms with Crippen LogP contribution in [0.15, 0.2) is 34.9 Å². The maximum Gasteiger partial charge on any atom is 0.239 e. The van der Waals surface area contributed by atoms with Crippen LogP contribution in [0.25, 0.3) is 10.9 Å². The average Bonchev–Trinajstić information content (AvgIpc) is 2.77. The normalized spacial score (nSPS) is 11.2. The van der Waals surface area contributed by atoms with E-state index in [2.05, 4.69) is 26.1 Å². The second-order valence-corrected chi connectivity index (χ2v) is 6.07. The van der Waals surface area contributed by atoms with Crippen molar-refractivity contribution in [3.8, 4) is 0 Å². The van der Waals surface area contributed by atoms with Gasteiger partial charge in [-0.2, -0.15) is 0 Å². The van der Waals surface area contributed by atoms with Gasteiger partial charge in [0.2, 0.25) is 5.91 Å². The van der Waals surface area contributed by atoms with Gasteiger partial charge in [0.15, 0.2) is 0 Å². The lowest BCUT2D eigenvalue weighted by molar-refractivity contribution is -0.121. The van der Waals surface area contributed by atoms with Crippen LogP contribution in [-0.2, 0) is 11.3 Å². The fraction of sp³-hybridized carbons (Fsp3) is 0.400. The average molecular weight is 338 g/mol. The van der Waals surface area contributed by atoms with Crippen LogP contribution in [0.2, 0.25) is 0 Å². The van der Waals surface area contributed by atoms with Crippen LogP contribution in [-0.4, -0.2) is 42.6 Å². The van der Waals surface area contributed by atoms with E-state index in [-0.39, 0.29) is 5.91 Å². The van der Waals surface area contributed by atoms with Crippen LogP contribution in [0.4, 0.5) is 0 Å². The lowest BCUT2D eigenvalue weighted by atomic mass is 10.2. The van der Waals surface area contributed by atoms with Crippen LogP contribution >= 0.6 is 15.9 Å². The van der Waals surface area contributed by atoms with Gasteiger partial charge >= 0.3 is 0 Å². The molecule has 20 heavy (non-hydrogen) atoms. The van der Waals surface area contributed by atoms with Gasteiger partial charge in [-0.25, -0.2) is 0 Å². The maximum absolute atomic E-state index is 11.9. The zero-order chi connectivity index (χ0) is 14.5. The molecule has 1 aromatic heterocycles. The molecule has 0 saturated carbocycles. The van der Waals surface area contributed by atoms with Crippen molar-refractivity contribution >= 4 is 32.7 Å². The number of carbonyl (C=O) groups is 1. The molecule has 1 N–H and O–H groups in total. The van der Waals surface area contributed by atoms with Gasteiger partial charge < -0.3 is 14.8 Å². The van der Waals surface area contributed by atoms with Crippen LogP contribution < -0.4 is 5.32 Å². The molecule has 0 radical (unpaired) electrons. The molecule has 0 atom stereocenters. The summed E-state index contributed by atoms with van der Waals surface area (Å²) in [6.07, 6.45) is 2.92. The van der Waals surface area contributed by atoms with E-state index >= 15 is 0 Å². The Morgan fingerprint density at radius 1 is 1.35 bits per heavy atom. The second kappa shape index (κ2) is 6.90. The summed E-state index contributed by atoms with van der Waals surface area (Å²) >= 11 is 3.46. The number of nitrogens with zero attached hydrogens (tertiary/aromatic N) is 2. The number of hydrogen-bond acceptors (Lipinski definition) is 2. The molecule has 0 bridgehead atoms. The van der Waals surface area contributed by atoms with Crippen LogP contribution in [0.5, 0.6) is 0 Å². The van der Waals surface area contributed by atoms with Gasteiger partial charge in [-0.05, 0) is 50.6 Å². The molecule has 5 heteroatoms. The summed E-state index contributed by atoms with van der Waals surface area (Å²) < 4.78 is 3.00. The highest BCUT2D eigenvalue weighted by Crippen LogP contribution is 2.20. The van der Waals surface area contributed by atoms with E-state index in [9.17, 15) is 4.79 Å². The molecule has 2 rings (SSSR count). The van der Waals surface area contributed by atoms with Gasteiger partial charge in [0.1, 0.15) is 6.54 Å². The molecule has 0 aliphatic heterocycles. The molecule has 0 unspecified atom stereocenters. The van der Waals surface area contributed by atoms with Gasteiger partial charge in [-0.15, -0.1) is 0 Å². The summed E-state index contributed by atoms with van der Waals surface area (Å²) in [5.41, 5.74) is 1.07. The third-order valence-corrected chi connectivity index (χ3v) is 3.65. The highest BCUT2D eigenvalue weighted by atomic mass is 79.9. The van der Waals surface area contributed by atoms with E-state index in [1.807, 2.05) is 49.1 Å². The number of nitrogens with one attached hydrogen (secondary N) is 1. The van der Waals surface area contributed by atoms with Gasteiger partial charge in [-0.3, -0.25) is 4.79 Å². The summed E-state index contributed by atoms with van der Waals surface area (Å²) in [4.78, 5) is 14.0. The topological polar surface area (TPSA) is 37.3 Å². The van der Waals surface area contributed by atoms with Crippen molar-refractivity contribution in [2.45, 2.75) is 13.0 Å². The fourth-order valence-electron chi connectivity index (χ4n) is 2.13. The van der Waals surface area contributed by atoms with Crippen molar-refractivity contribution in [2.24, 2.45) is 0 Å². The van der Waals surface area contributed by atoms with E-state index in [0.717, 1.165) is 34.9 Å². The second-order valence-electron chi connectivity index (χ2n) is 5.15. The third-order valence-electron chi connectivity index (χ3n) is 3.15. The van der Waals surface area contributed by atoms with Gasteiger partial charge in [0.05, 0.1) is 0 Å². The zero-order valence-electron chi connectivity index (χ0n) is 11.9. The number of fused-ring (bicyclic) bond motifs is 1. The minimum atomic E-state index is 0.0567. The van der Waals surface area contributed by atoms with Crippen LogP contribution in [0.3, 0.4) is 0 Å². The Morgan fingerprint density at radius 3 is 2.90 bits per heavy atom. The Labute approximate surface area is 127 Å². The number of hydrogen-bond donors (Lipinski definition) is 1. The molecule has 1 amide bonds. The summed E-state index contributed by atoms with van der Waals surface area (Å²) in [7, 11) is 4.07. The van der Waals surface area contributed by atoms with Crippen LogP contribution in [0, 0.1) is 0 Å². The van der Waals surface area contributed by atoms with Gasteiger partial charge in [0.25, 0.3) is 0 Å². The SMILES string of the molecule is CN(C)CCCNC(=O)Cn1ccc2ccc(Br)cc21. The first-order valence-corrected chi connectivity index (χ1v) is 7.51. The van der Waals surface area contributed by atoms with E-state index in [1.165, 1.54) is 0 Å². The first-order valence-electron chi connectivity index (χ1n) is 6.72. The number of amides is 1. The molecule has 0 aliphatic rings. The third kappa shape index (κ3) is 4.08. The monoisotopic (exact) mass is 337 g/mol. The van der Waals surface area contributed by atoms with E-state index in [4.69, 9.17) is 0 Å². The highest BCUT2D eigenvalue weighted by Gasteiger charge is 2.06. The lowest BCUT2D eigenvalue weighted by Gasteiger charge is -2.10. The predicted octanol–water partition coefficient (Wildman–Crippen LogP) is 2.47.